The van der Waals surface area contributed by atoms with Crippen molar-refractivity contribution in [3.8, 4) is 5.75 Å². The summed E-state index contributed by atoms with van der Waals surface area (Å²) in [4.78, 5) is 26.7. The van der Waals surface area contributed by atoms with Crippen molar-refractivity contribution in [1.82, 2.24) is 5.16 Å². The Morgan fingerprint density at radius 2 is 1.94 bits per heavy atom. The van der Waals surface area contributed by atoms with Gasteiger partial charge in [0.1, 0.15) is 23.1 Å². The van der Waals surface area contributed by atoms with E-state index in [0.29, 0.717) is 27.6 Å². The van der Waals surface area contributed by atoms with E-state index < -0.39 is 11.9 Å². The first-order valence-electron chi connectivity index (χ1n) is 10.3. The molecule has 2 aromatic heterocycles. The van der Waals surface area contributed by atoms with Gasteiger partial charge in [-0.1, -0.05) is 29.8 Å². The Morgan fingerprint density at radius 3 is 2.71 bits per heavy atom. The van der Waals surface area contributed by atoms with Crippen molar-refractivity contribution in [2.24, 2.45) is 0 Å². The van der Waals surface area contributed by atoms with Crippen LogP contribution in [0.4, 0.5) is 5.00 Å². The highest BCUT2D eigenvalue weighted by Gasteiger charge is 2.28. The first-order chi connectivity index (χ1) is 15.1. The number of hydrogen-bond acceptors (Lipinski definition) is 7. The maximum Gasteiger partial charge on any atom is 0.341 e. The highest BCUT2D eigenvalue weighted by atomic mass is 32.1. The predicted molar refractivity (Wildman–Crippen MR) is 117 cm³/mol. The topological polar surface area (TPSA) is 90.7 Å². The molecule has 1 aromatic carbocycles. The molecule has 3 aromatic rings. The third-order valence-corrected chi connectivity index (χ3v) is 6.57. The van der Waals surface area contributed by atoms with Gasteiger partial charge < -0.3 is 19.3 Å². The number of ether oxygens (including phenoxy) is 2. The first-order valence-corrected chi connectivity index (χ1v) is 11.1. The fourth-order valence-electron chi connectivity index (χ4n) is 3.72. The van der Waals surface area contributed by atoms with Crippen LogP contribution >= 0.6 is 11.3 Å². The largest absolute Gasteiger partial charge is 0.489 e. The molecule has 8 heteroatoms. The molecule has 0 atom stereocenters. The number of aryl methyl sites for hydroxylation is 2. The number of carbonyl (C=O) groups is 2. The average Bonchev–Trinajstić information content (AvgIpc) is 3.23. The van der Waals surface area contributed by atoms with E-state index in [1.165, 1.54) is 18.4 Å². The van der Waals surface area contributed by atoms with E-state index in [2.05, 4.69) is 10.5 Å². The molecule has 0 saturated carbocycles. The Bertz CT molecular complexity index is 1090. The molecule has 1 aliphatic rings. The van der Waals surface area contributed by atoms with Crippen LogP contribution in [0.3, 0.4) is 0 Å². The zero-order chi connectivity index (χ0) is 21.8. The Balaban J connectivity index is 1.58. The van der Waals surface area contributed by atoms with Crippen LogP contribution in [-0.4, -0.2) is 24.1 Å². The lowest BCUT2D eigenvalue weighted by atomic mass is 10.1. The number of aromatic nitrogens is 1. The van der Waals surface area contributed by atoms with Crippen molar-refractivity contribution in [3.05, 3.63) is 63.4 Å². The maximum absolute atomic E-state index is 13.1. The first kappa shape index (κ1) is 21.1. The van der Waals surface area contributed by atoms with Crippen molar-refractivity contribution in [2.45, 2.75) is 45.6 Å². The van der Waals surface area contributed by atoms with Crippen molar-refractivity contribution in [1.29, 1.82) is 0 Å². The lowest BCUT2D eigenvalue weighted by Crippen LogP contribution is -2.17. The van der Waals surface area contributed by atoms with E-state index in [1.807, 2.05) is 30.3 Å². The number of thiophene rings is 1. The third-order valence-electron chi connectivity index (χ3n) is 5.36. The number of para-hydroxylation sites is 1. The van der Waals surface area contributed by atoms with E-state index in [0.717, 1.165) is 42.5 Å². The lowest BCUT2D eigenvalue weighted by Gasteiger charge is -2.08. The number of carbonyl (C=O) groups excluding carboxylic acids is 2. The highest BCUT2D eigenvalue weighted by molar-refractivity contribution is 7.17. The standard InChI is InChI=1S/C23H24N2O5S/c1-14-17(13-29-15-9-5-3-6-10-15)20(25-30-14)21(26)24-22-19(23(27)28-2)16-11-7-4-8-12-18(16)31-22/h3,5-6,9-10H,4,7-8,11-13H2,1-2H3,(H,24,26). The van der Waals surface area contributed by atoms with Crippen LogP contribution in [0.25, 0.3) is 0 Å². The van der Waals surface area contributed by atoms with Gasteiger partial charge >= 0.3 is 5.97 Å². The van der Waals surface area contributed by atoms with Gasteiger partial charge in [0.15, 0.2) is 5.69 Å². The SMILES string of the molecule is COC(=O)c1c(NC(=O)c2noc(C)c2COc2ccccc2)sc2c1CCCCC2. The Morgan fingerprint density at radius 1 is 1.16 bits per heavy atom. The zero-order valence-electron chi connectivity index (χ0n) is 17.5. The van der Waals surface area contributed by atoms with Crippen LogP contribution in [0.1, 0.15) is 61.9 Å². The minimum Gasteiger partial charge on any atom is -0.489 e. The number of methoxy groups -OCH3 is 1. The molecular weight excluding hydrogens is 416 g/mol. The van der Waals surface area contributed by atoms with Gasteiger partial charge in [-0.2, -0.15) is 0 Å². The monoisotopic (exact) mass is 440 g/mol. The second-order valence-corrected chi connectivity index (χ2v) is 8.49. The van der Waals surface area contributed by atoms with Crippen molar-refractivity contribution in [2.75, 3.05) is 12.4 Å². The molecule has 162 valence electrons. The number of amides is 1. The smallest absolute Gasteiger partial charge is 0.341 e. The molecule has 0 saturated heterocycles. The maximum atomic E-state index is 13.1. The second kappa shape index (κ2) is 9.34. The fraction of sp³-hybridized carbons (Fsp3) is 0.348. The highest BCUT2D eigenvalue weighted by Crippen LogP contribution is 2.38. The molecule has 0 aliphatic heterocycles. The number of fused-ring (bicyclic) bond motifs is 1. The summed E-state index contributed by atoms with van der Waals surface area (Å²) in [5, 5.41) is 7.31. The molecule has 0 fully saturated rings. The van der Waals surface area contributed by atoms with Gasteiger partial charge in [-0.15, -0.1) is 11.3 Å². The molecule has 2 heterocycles. The summed E-state index contributed by atoms with van der Waals surface area (Å²) in [6, 6.07) is 9.32. The van der Waals surface area contributed by atoms with Crippen LogP contribution in [0, 0.1) is 6.92 Å². The lowest BCUT2D eigenvalue weighted by molar-refractivity contribution is 0.0601. The van der Waals surface area contributed by atoms with Crippen molar-refractivity contribution >= 4 is 28.2 Å². The summed E-state index contributed by atoms with van der Waals surface area (Å²) >= 11 is 1.44. The molecule has 1 amide bonds. The number of nitrogens with zero attached hydrogens (tertiary/aromatic N) is 1. The van der Waals surface area contributed by atoms with E-state index in [9.17, 15) is 9.59 Å². The Hall–Kier alpha value is -3.13. The molecule has 7 nitrogen and oxygen atoms in total. The van der Waals surface area contributed by atoms with Gasteiger partial charge in [0.05, 0.1) is 18.2 Å². The van der Waals surface area contributed by atoms with Gasteiger partial charge in [0.25, 0.3) is 5.91 Å². The Kier molecular flexibility index (Phi) is 6.36. The van der Waals surface area contributed by atoms with Gasteiger partial charge in [0.2, 0.25) is 0 Å². The molecular formula is C23H24N2O5S. The van der Waals surface area contributed by atoms with E-state index in [1.54, 1.807) is 6.92 Å². The van der Waals surface area contributed by atoms with Gasteiger partial charge in [-0.3, -0.25) is 4.79 Å². The number of esters is 1. The van der Waals surface area contributed by atoms with Gasteiger partial charge in [-0.25, -0.2) is 4.79 Å². The van der Waals surface area contributed by atoms with Crippen LogP contribution < -0.4 is 10.1 Å². The summed E-state index contributed by atoms with van der Waals surface area (Å²) < 4.78 is 16.0. The van der Waals surface area contributed by atoms with Crippen LogP contribution in [0.5, 0.6) is 5.75 Å². The van der Waals surface area contributed by atoms with E-state index >= 15 is 0 Å². The average molecular weight is 441 g/mol. The van der Waals surface area contributed by atoms with Crippen LogP contribution in [0.15, 0.2) is 34.9 Å². The number of nitrogens with one attached hydrogen (secondary N) is 1. The van der Waals surface area contributed by atoms with E-state index in [4.69, 9.17) is 14.0 Å². The number of benzene rings is 1. The summed E-state index contributed by atoms with van der Waals surface area (Å²) in [7, 11) is 1.36. The molecule has 1 N–H and O–H groups in total. The van der Waals surface area contributed by atoms with Gasteiger partial charge in [-0.05, 0) is 50.3 Å². The second-order valence-electron chi connectivity index (χ2n) is 7.38. The normalized spacial score (nSPS) is 13.2. The van der Waals surface area contributed by atoms with E-state index in [-0.39, 0.29) is 12.3 Å². The number of rotatable bonds is 6. The third kappa shape index (κ3) is 4.49. The Labute approximate surface area is 184 Å². The summed E-state index contributed by atoms with van der Waals surface area (Å²) in [6.45, 7) is 1.88. The van der Waals surface area contributed by atoms with Gasteiger partial charge in [0, 0.05) is 4.88 Å². The fourth-order valence-corrected chi connectivity index (χ4v) is 5.00. The molecule has 0 bridgehead atoms. The number of hydrogen-bond donors (Lipinski definition) is 1. The zero-order valence-corrected chi connectivity index (χ0v) is 18.3. The summed E-state index contributed by atoms with van der Waals surface area (Å²) in [5.41, 5.74) is 2.17. The minimum atomic E-state index is -0.440. The molecule has 0 unspecified atom stereocenters. The summed E-state index contributed by atoms with van der Waals surface area (Å²) in [6.07, 6.45) is 4.94. The van der Waals surface area contributed by atoms with Crippen molar-refractivity contribution in [3.63, 3.8) is 0 Å². The quantitative estimate of drug-likeness (QED) is 0.432. The molecule has 0 radical (unpaired) electrons. The molecule has 4 rings (SSSR count). The van der Waals surface area contributed by atoms with Crippen LogP contribution in [0.2, 0.25) is 0 Å². The van der Waals surface area contributed by atoms with Crippen molar-refractivity contribution < 1.29 is 23.6 Å². The molecule has 0 spiro atoms. The van der Waals surface area contributed by atoms with Crippen LogP contribution in [-0.2, 0) is 24.2 Å². The molecule has 1 aliphatic carbocycles. The summed E-state index contributed by atoms with van der Waals surface area (Å²) in [5.74, 6) is 0.324. The molecule has 31 heavy (non-hydrogen) atoms. The predicted octanol–water partition coefficient (Wildman–Crippen LogP) is 4.93. The minimum absolute atomic E-state index is 0.146. The number of anilines is 1.